The molecule has 10 heteroatoms. The van der Waals surface area contributed by atoms with Crippen LogP contribution in [0.25, 0.3) is 11.4 Å². The lowest BCUT2D eigenvalue weighted by atomic mass is 10.1. The number of hydrogen-bond acceptors (Lipinski definition) is 7. The van der Waals surface area contributed by atoms with Crippen molar-refractivity contribution in [3.05, 3.63) is 65.4 Å². The van der Waals surface area contributed by atoms with Crippen molar-refractivity contribution in [3.63, 3.8) is 0 Å². The molecule has 0 spiro atoms. The van der Waals surface area contributed by atoms with Crippen LogP contribution in [-0.2, 0) is 26.7 Å². The highest BCUT2D eigenvalue weighted by molar-refractivity contribution is 7.89. The molecule has 0 saturated carbocycles. The normalized spacial score (nSPS) is 13.9. The van der Waals surface area contributed by atoms with E-state index in [1.807, 2.05) is 24.3 Å². The fourth-order valence-electron chi connectivity index (χ4n) is 4.09. The number of nitrogens with one attached hydrogen (secondary N) is 2. The summed E-state index contributed by atoms with van der Waals surface area (Å²) in [7, 11) is -3.11. The van der Waals surface area contributed by atoms with Crippen molar-refractivity contribution in [2.45, 2.75) is 26.0 Å². The maximum Gasteiger partial charge on any atom is 0.323 e. The number of sulfone groups is 1. The third-order valence-corrected chi connectivity index (χ3v) is 6.77. The van der Waals surface area contributed by atoms with E-state index in [0.29, 0.717) is 36.0 Å². The molecular weight excluding hydrogens is 478 g/mol. The van der Waals surface area contributed by atoms with Gasteiger partial charge in [0.25, 0.3) is 0 Å². The Kier molecular flexibility index (Phi) is 7.85. The van der Waals surface area contributed by atoms with E-state index in [1.165, 1.54) is 6.26 Å². The van der Waals surface area contributed by atoms with Crippen molar-refractivity contribution in [2.75, 3.05) is 48.1 Å². The van der Waals surface area contributed by atoms with Crippen molar-refractivity contribution < 1.29 is 17.9 Å². The van der Waals surface area contributed by atoms with Crippen LogP contribution < -0.4 is 15.5 Å². The molecule has 1 fully saturated rings. The highest BCUT2D eigenvalue weighted by Gasteiger charge is 2.19. The number of carbonyl (C=O) groups excluding carboxylic acids is 1. The zero-order valence-corrected chi connectivity index (χ0v) is 21.6. The summed E-state index contributed by atoms with van der Waals surface area (Å²) in [6.45, 7) is 7.14. The second-order valence-electron chi connectivity index (χ2n) is 8.82. The molecule has 1 aromatic heterocycles. The van der Waals surface area contributed by atoms with Crippen molar-refractivity contribution in [2.24, 2.45) is 0 Å². The minimum atomic E-state index is -3.11. The number of hydrogen-bond donors (Lipinski definition) is 2. The third-order valence-electron chi connectivity index (χ3n) is 5.91. The first-order chi connectivity index (χ1) is 17.2. The molecule has 190 valence electrons. The van der Waals surface area contributed by atoms with E-state index in [2.05, 4.69) is 29.4 Å². The van der Waals surface area contributed by atoms with Gasteiger partial charge >= 0.3 is 6.03 Å². The SMILES string of the molecule is CCc1nc(-c2ccc(NC(=O)Nc3ccc(CS(C)(=O)=O)cc3)cc2)nc(N2CCOCC2)c1C. The van der Waals surface area contributed by atoms with Gasteiger partial charge in [0.05, 0.1) is 19.0 Å². The van der Waals surface area contributed by atoms with Crippen LogP contribution in [0.1, 0.15) is 23.7 Å². The van der Waals surface area contributed by atoms with Gasteiger partial charge in [0, 0.05) is 47.5 Å². The average molecular weight is 510 g/mol. The third kappa shape index (κ3) is 6.58. The van der Waals surface area contributed by atoms with Crippen LogP contribution in [0.2, 0.25) is 0 Å². The number of nitrogens with zero attached hydrogens (tertiary/aromatic N) is 3. The highest BCUT2D eigenvalue weighted by Crippen LogP contribution is 2.26. The number of anilines is 3. The summed E-state index contributed by atoms with van der Waals surface area (Å²) in [6, 6.07) is 13.7. The molecular formula is C26H31N5O4S. The van der Waals surface area contributed by atoms with E-state index in [1.54, 1.807) is 24.3 Å². The lowest BCUT2D eigenvalue weighted by molar-refractivity contribution is 0.122. The van der Waals surface area contributed by atoms with E-state index >= 15 is 0 Å². The molecule has 1 aliphatic heterocycles. The Morgan fingerprint density at radius 2 is 1.56 bits per heavy atom. The molecule has 4 rings (SSSR count). The van der Waals surface area contributed by atoms with Crippen molar-refractivity contribution >= 4 is 33.1 Å². The first-order valence-electron chi connectivity index (χ1n) is 11.9. The summed E-state index contributed by atoms with van der Waals surface area (Å²) in [5.41, 5.74) is 4.85. The summed E-state index contributed by atoms with van der Waals surface area (Å²) in [5, 5.41) is 5.56. The Bertz CT molecular complexity index is 1320. The maximum absolute atomic E-state index is 12.4. The lowest BCUT2D eigenvalue weighted by Gasteiger charge is -2.29. The van der Waals surface area contributed by atoms with Crippen LogP contribution in [0.5, 0.6) is 0 Å². The van der Waals surface area contributed by atoms with E-state index in [4.69, 9.17) is 14.7 Å². The minimum Gasteiger partial charge on any atom is -0.378 e. The highest BCUT2D eigenvalue weighted by atomic mass is 32.2. The van der Waals surface area contributed by atoms with Crippen LogP contribution in [-0.4, -0.2) is 57.0 Å². The predicted octanol–water partition coefficient (Wildman–Crippen LogP) is 4.04. The molecule has 0 aliphatic carbocycles. The summed E-state index contributed by atoms with van der Waals surface area (Å²) in [6.07, 6.45) is 2.00. The molecule has 9 nitrogen and oxygen atoms in total. The molecule has 0 radical (unpaired) electrons. The van der Waals surface area contributed by atoms with Gasteiger partial charge in [-0.05, 0) is 55.3 Å². The van der Waals surface area contributed by atoms with Crippen LogP contribution in [0.15, 0.2) is 48.5 Å². The zero-order valence-electron chi connectivity index (χ0n) is 20.7. The molecule has 2 amide bonds. The second-order valence-corrected chi connectivity index (χ2v) is 11.0. The lowest BCUT2D eigenvalue weighted by Crippen LogP contribution is -2.37. The minimum absolute atomic E-state index is 0.0375. The van der Waals surface area contributed by atoms with Crippen LogP contribution in [0.3, 0.4) is 0 Å². The van der Waals surface area contributed by atoms with Gasteiger partial charge in [0.2, 0.25) is 0 Å². The molecule has 3 aromatic rings. The number of rotatable bonds is 7. The summed E-state index contributed by atoms with van der Waals surface area (Å²) < 4.78 is 28.3. The fraction of sp³-hybridized carbons (Fsp3) is 0.346. The first kappa shape index (κ1) is 25.6. The number of morpholine rings is 1. The van der Waals surface area contributed by atoms with Gasteiger partial charge in [0.1, 0.15) is 5.82 Å². The molecule has 1 aliphatic rings. The Morgan fingerprint density at radius 1 is 0.972 bits per heavy atom. The summed E-state index contributed by atoms with van der Waals surface area (Å²) in [4.78, 5) is 24.3. The quantitative estimate of drug-likeness (QED) is 0.494. The van der Waals surface area contributed by atoms with Gasteiger partial charge < -0.3 is 20.3 Å². The Morgan fingerprint density at radius 3 is 2.11 bits per heavy atom. The van der Waals surface area contributed by atoms with E-state index in [0.717, 1.165) is 42.1 Å². The van der Waals surface area contributed by atoms with Gasteiger partial charge in [-0.25, -0.2) is 23.2 Å². The molecule has 0 unspecified atom stereocenters. The molecule has 2 aromatic carbocycles. The van der Waals surface area contributed by atoms with Crippen LogP contribution >= 0.6 is 0 Å². The monoisotopic (exact) mass is 509 g/mol. The maximum atomic E-state index is 12.4. The number of aromatic nitrogens is 2. The number of ether oxygens (including phenoxy) is 1. The molecule has 2 heterocycles. The van der Waals surface area contributed by atoms with Crippen LogP contribution in [0.4, 0.5) is 22.0 Å². The predicted molar refractivity (Wildman–Crippen MR) is 142 cm³/mol. The fourth-order valence-corrected chi connectivity index (χ4v) is 4.89. The van der Waals surface area contributed by atoms with E-state index in [-0.39, 0.29) is 5.75 Å². The Hall–Kier alpha value is -3.50. The largest absolute Gasteiger partial charge is 0.378 e. The van der Waals surface area contributed by atoms with Crippen molar-refractivity contribution in [1.29, 1.82) is 0 Å². The van der Waals surface area contributed by atoms with Gasteiger partial charge in [-0.1, -0.05) is 19.1 Å². The number of aryl methyl sites for hydroxylation is 1. The van der Waals surface area contributed by atoms with Gasteiger partial charge in [0.15, 0.2) is 15.7 Å². The molecule has 0 atom stereocenters. The first-order valence-corrected chi connectivity index (χ1v) is 13.9. The smallest absolute Gasteiger partial charge is 0.323 e. The molecule has 36 heavy (non-hydrogen) atoms. The molecule has 0 bridgehead atoms. The zero-order chi connectivity index (χ0) is 25.7. The Balaban J connectivity index is 1.44. The van der Waals surface area contributed by atoms with E-state index in [9.17, 15) is 13.2 Å². The van der Waals surface area contributed by atoms with Crippen LogP contribution in [0, 0.1) is 6.92 Å². The van der Waals surface area contributed by atoms with Crippen molar-refractivity contribution in [1.82, 2.24) is 9.97 Å². The summed E-state index contributed by atoms with van der Waals surface area (Å²) >= 11 is 0. The van der Waals surface area contributed by atoms with Gasteiger partial charge in [-0.2, -0.15) is 0 Å². The van der Waals surface area contributed by atoms with Gasteiger partial charge in [-0.15, -0.1) is 0 Å². The standard InChI is InChI=1S/C26H31N5O4S/c1-4-23-18(2)25(31-13-15-35-16-14-31)30-24(29-23)20-7-11-22(12-8-20)28-26(32)27-21-9-5-19(6-10-21)17-36(3,33)34/h5-12H,4,13-17H2,1-3H3,(H2,27,28,32). The topological polar surface area (TPSA) is 114 Å². The second kappa shape index (κ2) is 11.0. The summed E-state index contributed by atoms with van der Waals surface area (Å²) in [5.74, 6) is 1.57. The molecule has 1 saturated heterocycles. The average Bonchev–Trinajstić information content (AvgIpc) is 2.85. The number of urea groups is 1. The molecule has 2 N–H and O–H groups in total. The Labute approximate surface area is 211 Å². The number of carbonyl (C=O) groups is 1. The number of amides is 2. The van der Waals surface area contributed by atoms with Crippen molar-refractivity contribution in [3.8, 4) is 11.4 Å². The number of benzene rings is 2. The van der Waals surface area contributed by atoms with E-state index < -0.39 is 15.9 Å². The van der Waals surface area contributed by atoms with Gasteiger partial charge in [-0.3, -0.25) is 0 Å².